The van der Waals surface area contributed by atoms with Crippen LogP contribution in [0.4, 0.5) is 0 Å². The van der Waals surface area contributed by atoms with E-state index in [9.17, 15) is 4.79 Å². The molecular weight excluding hydrogens is 302 g/mol. The molecule has 1 N–H and O–H groups in total. The summed E-state index contributed by atoms with van der Waals surface area (Å²) >= 11 is 0. The number of hydrogen-bond donors (Lipinski definition) is 1. The van der Waals surface area contributed by atoms with Crippen LogP contribution in [0.2, 0.25) is 0 Å². The predicted octanol–water partition coefficient (Wildman–Crippen LogP) is 2.46. The predicted molar refractivity (Wildman–Crippen MR) is 98.6 cm³/mol. The van der Waals surface area contributed by atoms with Crippen LogP contribution in [0.5, 0.6) is 0 Å². The SMILES string of the molecule is CNCCN(C)CCCc1ccc(CN(C=O)OC(C)(C)C)cc1. The number of likely N-dealkylation sites (N-methyl/N-ethyl adjacent to an activating group) is 2. The highest BCUT2D eigenvalue weighted by Crippen LogP contribution is 2.13. The Labute approximate surface area is 146 Å². The van der Waals surface area contributed by atoms with Gasteiger partial charge in [-0.15, -0.1) is 0 Å². The molecule has 0 aliphatic heterocycles. The average molecular weight is 335 g/mol. The molecule has 0 saturated carbocycles. The zero-order chi connectivity index (χ0) is 18.0. The van der Waals surface area contributed by atoms with E-state index in [-0.39, 0.29) is 5.60 Å². The van der Waals surface area contributed by atoms with Crippen LogP contribution in [0.1, 0.15) is 38.3 Å². The number of nitrogens with zero attached hydrogens (tertiary/aromatic N) is 2. The Morgan fingerprint density at radius 2 is 1.75 bits per heavy atom. The fraction of sp³-hybridized carbons (Fsp3) is 0.632. The number of aryl methyl sites for hydroxylation is 1. The molecule has 1 rings (SSSR count). The van der Waals surface area contributed by atoms with Crippen molar-refractivity contribution in [3.63, 3.8) is 0 Å². The lowest BCUT2D eigenvalue weighted by atomic mass is 10.1. The second-order valence-corrected chi connectivity index (χ2v) is 7.21. The molecule has 1 amide bonds. The van der Waals surface area contributed by atoms with E-state index in [1.807, 2.05) is 27.8 Å². The van der Waals surface area contributed by atoms with Gasteiger partial charge in [-0.3, -0.25) is 9.63 Å². The van der Waals surface area contributed by atoms with Gasteiger partial charge < -0.3 is 10.2 Å². The Morgan fingerprint density at radius 1 is 1.12 bits per heavy atom. The van der Waals surface area contributed by atoms with Crippen LogP contribution in [0.15, 0.2) is 24.3 Å². The number of carbonyl (C=O) groups excluding carboxylic acids is 1. The van der Waals surface area contributed by atoms with E-state index in [4.69, 9.17) is 4.84 Å². The van der Waals surface area contributed by atoms with Crippen LogP contribution in [-0.2, 0) is 22.6 Å². The van der Waals surface area contributed by atoms with Crippen LogP contribution in [0.25, 0.3) is 0 Å². The maximum absolute atomic E-state index is 11.1. The van der Waals surface area contributed by atoms with Gasteiger partial charge in [0.25, 0.3) is 0 Å². The van der Waals surface area contributed by atoms with E-state index in [1.54, 1.807) is 0 Å². The van der Waals surface area contributed by atoms with Crippen LogP contribution < -0.4 is 5.32 Å². The van der Waals surface area contributed by atoms with Crippen molar-refractivity contribution in [3.05, 3.63) is 35.4 Å². The molecule has 1 aromatic rings. The molecule has 0 atom stereocenters. The van der Waals surface area contributed by atoms with Gasteiger partial charge in [0.05, 0.1) is 12.1 Å². The van der Waals surface area contributed by atoms with Crippen molar-refractivity contribution in [1.29, 1.82) is 0 Å². The number of rotatable bonds is 11. The Bertz CT molecular complexity index is 468. The van der Waals surface area contributed by atoms with Gasteiger partial charge in [0.1, 0.15) is 0 Å². The summed E-state index contributed by atoms with van der Waals surface area (Å²) in [5.74, 6) is 0. The summed E-state index contributed by atoms with van der Waals surface area (Å²) in [5.41, 5.74) is 2.02. The van der Waals surface area contributed by atoms with E-state index < -0.39 is 0 Å². The summed E-state index contributed by atoms with van der Waals surface area (Å²) in [7, 11) is 4.14. The van der Waals surface area contributed by atoms with E-state index in [1.165, 1.54) is 10.6 Å². The molecule has 0 aromatic heterocycles. The number of hydroxylamine groups is 2. The third kappa shape index (κ3) is 9.01. The van der Waals surface area contributed by atoms with Gasteiger partial charge in [-0.1, -0.05) is 24.3 Å². The molecule has 24 heavy (non-hydrogen) atoms. The summed E-state index contributed by atoms with van der Waals surface area (Å²) < 4.78 is 0. The van der Waals surface area contributed by atoms with Gasteiger partial charge in [-0.2, -0.15) is 0 Å². The van der Waals surface area contributed by atoms with Gasteiger partial charge in [0.2, 0.25) is 6.41 Å². The summed E-state index contributed by atoms with van der Waals surface area (Å²) in [6, 6.07) is 8.43. The summed E-state index contributed by atoms with van der Waals surface area (Å²) in [4.78, 5) is 19.1. The first kappa shape index (κ1) is 20.6. The van der Waals surface area contributed by atoms with Crippen molar-refractivity contribution in [2.75, 3.05) is 33.7 Å². The molecular formula is C19H33N3O2. The Morgan fingerprint density at radius 3 is 2.29 bits per heavy atom. The van der Waals surface area contributed by atoms with Gasteiger partial charge >= 0.3 is 0 Å². The number of benzene rings is 1. The lowest BCUT2D eigenvalue weighted by Crippen LogP contribution is -2.32. The van der Waals surface area contributed by atoms with E-state index in [0.717, 1.165) is 44.4 Å². The second kappa shape index (κ2) is 10.4. The molecule has 0 saturated heterocycles. The maximum Gasteiger partial charge on any atom is 0.233 e. The highest BCUT2D eigenvalue weighted by atomic mass is 16.7. The topological polar surface area (TPSA) is 44.8 Å². The molecule has 0 unspecified atom stereocenters. The molecule has 0 spiro atoms. The normalized spacial score (nSPS) is 11.8. The van der Waals surface area contributed by atoms with Gasteiger partial charge in [0, 0.05) is 13.1 Å². The van der Waals surface area contributed by atoms with Crippen molar-refractivity contribution in [1.82, 2.24) is 15.3 Å². The third-order valence-corrected chi connectivity index (χ3v) is 3.62. The first-order valence-corrected chi connectivity index (χ1v) is 8.66. The zero-order valence-electron chi connectivity index (χ0n) is 15.8. The minimum absolute atomic E-state index is 0.375. The van der Waals surface area contributed by atoms with Crippen molar-refractivity contribution in [3.8, 4) is 0 Å². The molecule has 136 valence electrons. The molecule has 0 bridgehead atoms. The van der Waals surface area contributed by atoms with Gasteiger partial charge in [-0.25, -0.2) is 5.06 Å². The molecule has 0 aliphatic carbocycles. The molecule has 5 nitrogen and oxygen atoms in total. The largest absolute Gasteiger partial charge is 0.318 e. The molecule has 5 heteroatoms. The number of carbonyl (C=O) groups is 1. The van der Waals surface area contributed by atoms with Crippen molar-refractivity contribution in [2.24, 2.45) is 0 Å². The molecule has 0 aliphatic rings. The van der Waals surface area contributed by atoms with E-state index in [2.05, 4.69) is 41.5 Å². The standard InChI is InChI=1S/C19H33N3O2/c1-19(2,3)24-22(16-23)15-18-10-8-17(9-11-18)7-6-13-21(5)14-12-20-4/h8-11,16,20H,6-7,12-15H2,1-5H3. The van der Waals surface area contributed by atoms with Crippen molar-refractivity contribution >= 4 is 6.41 Å². The second-order valence-electron chi connectivity index (χ2n) is 7.21. The highest BCUT2D eigenvalue weighted by molar-refractivity contribution is 5.45. The quantitative estimate of drug-likeness (QED) is 0.498. The molecule has 1 aromatic carbocycles. The highest BCUT2D eigenvalue weighted by Gasteiger charge is 2.16. The molecule has 0 heterocycles. The minimum atomic E-state index is -0.375. The Hall–Kier alpha value is -1.43. The van der Waals surface area contributed by atoms with Crippen LogP contribution in [-0.4, -0.2) is 55.7 Å². The number of hydrogen-bond acceptors (Lipinski definition) is 4. The van der Waals surface area contributed by atoms with Crippen LogP contribution in [0, 0.1) is 0 Å². The lowest BCUT2D eigenvalue weighted by Gasteiger charge is -2.26. The Kier molecular flexibility index (Phi) is 8.97. The first-order valence-electron chi connectivity index (χ1n) is 8.66. The molecule has 0 radical (unpaired) electrons. The Balaban J connectivity index is 2.41. The van der Waals surface area contributed by atoms with Crippen molar-refractivity contribution < 1.29 is 9.63 Å². The van der Waals surface area contributed by atoms with E-state index >= 15 is 0 Å². The van der Waals surface area contributed by atoms with Crippen molar-refractivity contribution in [2.45, 2.75) is 45.8 Å². The smallest absolute Gasteiger partial charge is 0.233 e. The van der Waals surface area contributed by atoms with E-state index in [0.29, 0.717) is 6.54 Å². The minimum Gasteiger partial charge on any atom is -0.318 e. The number of nitrogens with one attached hydrogen (secondary N) is 1. The lowest BCUT2D eigenvalue weighted by molar-refractivity contribution is -0.220. The fourth-order valence-electron chi connectivity index (χ4n) is 2.40. The summed E-state index contributed by atoms with van der Waals surface area (Å²) in [5, 5.41) is 4.52. The number of amides is 1. The maximum atomic E-state index is 11.1. The van der Waals surface area contributed by atoms with Crippen LogP contribution >= 0.6 is 0 Å². The third-order valence-electron chi connectivity index (χ3n) is 3.62. The molecule has 0 fully saturated rings. The zero-order valence-corrected chi connectivity index (χ0v) is 15.8. The van der Waals surface area contributed by atoms with Crippen LogP contribution in [0.3, 0.4) is 0 Å². The summed E-state index contributed by atoms with van der Waals surface area (Å²) in [6.45, 7) is 9.45. The fourth-order valence-corrected chi connectivity index (χ4v) is 2.40. The summed E-state index contributed by atoms with van der Waals surface area (Å²) in [6.07, 6.45) is 2.95. The average Bonchev–Trinajstić information content (AvgIpc) is 2.52. The van der Waals surface area contributed by atoms with Gasteiger partial charge in [-0.05, 0) is 65.4 Å². The monoisotopic (exact) mass is 335 g/mol. The first-order chi connectivity index (χ1) is 11.3. The van der Waals surface area contributed by atoms with Gasteiger partial charge in [0.15, 0.2) is 0 Å².